The van der Waals surface area contributed by atoms with E-state index in [2.05, 4.69) is 15.0 Å². The summed E-state index contributed by atoms with van der Waals surface area (Å²) >= 11 is 0. The minimum Gasteiger partial charge on any atom is -0.463 e. The second kappa shape index (κ2) is 15.1. The molecule has 2 aromatic carbocycles. The minimum atomic E-state index is -0.849. The van der Waals surface area contributed by atoms with E-state index in [-0.39, 0.29) is 35.8 Å². The van der Waals surface area contributed by atoms with Crippen LogP contribution in [0.1, 0.15) is 48.2 Å². The highest BCUT2D eigenvalue weighted by Crippen LogP contribution is 2.39. The molecule has 0 spiro atoms. The number of carbonyl (C=O) groups excluding carboxylic acids is 2. The number of unbranched alkanes of at least 4 members (excludes halogenated alkanes) is 1. The van der Waals surface area contributed by atoms with Crippen LogP contribution in [-0.2, 0) is 14.3 Å². The Hall–Kier alpha value is -5.78. The van der Waals surface area contributed by atoms with Crippen molar-refractivity contribution in [2.75, 3.05) is 40.0 Å². The van der Waals surface area contributed by atoms with Gasteiger partial charge in [-0.15, -0.1) is 0 Å². The van der Waals surface area contributed by atoms with E-state index in [9.17, 15) is 25.0 Å². The van der Waals surface area contributed by atoms with Crippen LogP contribution in [0.4, 0.5) is 5.69 Å². The summed E-state index contributed by atoms with van der Waals surface area (Å²) in [5, 5.41) is 21.7. The molecule has 0 unspecified atom stereocenters. The third-order valence-corrected chi connectivity index (χ3v) is 6.25. The van der Waals surface area contributed by atoms with Crippen LogP contribution in [0.25, 0.3) is 0 Å². The third-order valence-electron chi connectivity index (χ3n) is 6.25. The molecule has 45 heavy (non-hydrogen) atoms. The fourth-order valence-electron chi connectivity index (χ4n) is 4.10. The highest BCUT2D eigenvalue weighted by Gasteiger charge is 2.31. The summed E-state index contributed by atoms with van der Waals surface area (Å²) in [5.41, 5.74) is -0.144. The molecule has 0 radical (unpaired) electrons. The van der Waals surface area contributed by atoms with Crippen molar-refractivity contribution in [3.8, 4) is 35.3 Å². The number of hydrogen-bond acceptors (Lipinski definition) is 14. The average molecular weight is 619 g/mol. The Labute approximate surface area is 258 Å². The molecular weight excluding hydrogens is 588 g/mol. The number of amidine groups is 1. The van der Waals surface area contributed by atoms with Gasteiger partial charge in [-0.3, -0.25) is 15.1 Å². The van der Waals surface area contributed by atoms with Crippen LogP contribution in [0.2, 0.25) is 0 Å². The molecule has 4 rings (SSSR count). The first-order chi connectivity index (χ1) is 21.7. The quantitative estimate of drug-likeness (QED) is 0.107. The normalized spacial score (nSPS) is 12.1. The number of nitrogens with zero attached hydrogens (tertiary/aromatic N) is 6. The number of nitriles is 1. The number of ether oxygens (including phenoxy) is 5. The highest BCUT2D eigenvalue weighted by molar-refractivity contribution is 5.99. The fourth-order valence-corrected chi connectivity index (χ4v) is 4.10. The molecule has 15 heteroatoms. The Morgan fingerprint density at radius 1 is 1.07 bits per heavy atom. The Bertz CT molecular complexity index is 1650. The number of aliphatic imine (C=N–C) groups is 1. The molecular formula is C30H30N6O9. The van der Waals surface area contributed by atoms with Gasteiger partial charge < -0.3 is 28.6 Å². The first-order valence-electron chi connectivity index (χ1n) is 14.0. The zero-order valence-electron chi connectivity index (χ0n) is 24.8. The lowest BCUT2D eigenvalue weighted by Gasteiger charge is -2.15. The second-order valence-corrected chi connectivity index (χ2v) is 9.48. The fraction of sp³-hybridized carbons (Fsp3) is 0.333. The van der Waals surface area contributed by atoms with E-state index >= 15 is 0 Å². The Morgan fingerprint density at radius 2 is 1.84 bits per heavy atom. The van der Waals surface area contributed by atoms with E-state index in [1.165, 1.54) is 18.2 Å². The lowest BCUT2D eigenvalue weighted by atomic mass is 10.1. The van der Waals surface area contributed by atoms with E-state index in [0.29, 0.717) is 13.0 Å². The van der Waals surface area contributed by atoms with Crippen molar-refractivity contribution in [1.82, 2.24) is 14.9 Å². The molecule has 234 valence electrons. The van der Waals surface area contributed by atoms with Crippen LogP contribution in [0.3, 0.4) is 0 Å². The standard InChI is InChI=1S/C30H30N6O9/c1-4-6-14-42-29(38)23-16-22(11-10-20(23)17-31)44-28-25(36(39)40)27(43-18-24(37)41-5-2)33-30(34-28)45-21-9-7-8-19(15-21)26-32-12-13-35(26)3/h7-11,15-16H,4-6,12-14,18H2,1-3H3. The molecule has 0 amide bonds. The maximum absolute atomic E-state index is 12.7. The average Bonchev–Trinajstić information content (AvgIpc) is 3.45. The zero-order chi connectivity index (χ0) is 32.3. The summed E-state index contributed by atoms with van der Waals surface area (Å²) in [6.07, 6.45) is 1.42. The monoisotopic (exact) mass is 618 g/mol. The molecule has 1 aliphatic rings. The molecule has 0 atom stereocenters. The Balaban J connectivity index is 1.73. The van der Waals surface area contributed by atoms with Gasteiger partial charge in [-0.25, -0.2) is 9.59 Å². The predicted octanol–water partition coefficient (Wildman–Crippen LogP) is 4.43. The zero-order valence-corrected chi connectivity index (χ0v) is 24.8. The molecule has 1 aliphatic heterocycles. The van der Waals surface area contributed by atoms with Crippen molar-refractivity contribution in [3.63, 3.8) is 0 Å². The maximum atomic E-state index is 12.7. The van der Waals surface area contributed by atoms with Crippen molar-refractivity contribution in [2.45, 2.75) is 26.7 Å². The number of carbonyl (C=O) groups is 2. The molecule has 0 aliphatic carbocycles. The van der Waals surface area contributed by atoms with Gasteiger partial charge in [0.25, 0.3) is 0 Å². The van der Waals surface area contributed by atoms with Crippen molar-refractivity contribution < 1.29 is 38.2 Å². The molecule has 1 aromatic heterocycles. The van der Waals surface area contributed by atoms with E-state index in [1.807, 2.05) is 31.0 Å². The summed E-state index contributed by atoms with van der Waals surface area (Å²) in [7, 11) is 1.91. The topological polar surface area (TPSA) is 189 Å². The van der Waals surface area contributed by atoms with E-state index in [1.54, 1.807) is 25.1 Å². The first kappa shape index (κ1) is 32.1. The molecule has 15 nitrogen and oxygen atoms in total. The van der Waals surface area contributed by atoms with Gasteiger partial charge in [-0.2, -0.15) is 15.2 Å². The van der Waals surface area contributed by atoms with Gasteiger partial charge in [0.2, 0.25) is 0 Å². The van der Waals surface area contributed by atoms with Crippen LogP contribution < -0.4 is 14.2 Å². The van der Waals surface area contributed by atoms with Gasteiger partial charge in [0.05, 0.1) is 35.8 Å². The smallest absolute Gasteiger partial charge is 0.392 e. The maximum Gasteiger partial charge on any atom is 0.392 e. The van der Waals surface area contributed by atoms with Gasteiger partial charge in [0.1, 0.15) is 23.4 Å². The number of benzene rings is 2. The molecule has 0 saturated carbocycles. The molecule has 0 bridgehead atoms. The SMILES string of the molecule is CCCCOC(=O)c1cc(Oc2nc(Oc3cccc(C4=NCCN4C)c3)nc(OCC(=O)OCC)c2[N+](=O)[O-])ccc1C#N. The van der Waals surface area contributed by atoms with Crippen molar-refractivity contribution in [1.29, 1.82) is 5.26 Å². The van der Waals surface area contributed by atoms with Crippen LogP contribution in [0.15, 0.2) is 47.5 Å². The summed E-state index contributed by atoms with van der Waals surface area (Å²) < 4.78 is 27.1. The van der Waals surface area contributed by atoms with Gasteiger partial charge in [-0.1, -0.05) is 25.5 Å². The largest absolute Gasteiger partial charge is 0.463 e. The van der Waals surface area contributed by atoms with Crippen molar-refractivity contribution >= 4 is 23.5 Å². The number of nitro groups is 1. The van der Waals surface area contributed by atoms with Crippen LogP contribution in [-0.4, -0.2) is 77.5 Å². The molecule has 0 N–H and O–H groups in total. The van der Waals surface area contributed by atoms with Crippen molar-refractivity contribution in [2.24, 2.45) is 4.99 Å². The lowest BCUT2D eigenvalue weighted by Crippen LogP contribution is -2.23. The van der Waals surface area contributed by atoms with E-state index in [0.717, 1.165) is 24.4 Å². The summed E-state index contributed by atoms with van der Waals surface area (Å²) in [4.78, 5) is 50.6. The van der Waals surface area contributed by atoms with Crippen LogP contribution in [0.5, 0.6) is 29.3 Å². The third kappa shape index (κ3) is 8.20. The summed E-state index contributed by atoms with van der Waals surface area (Å²) in [6.45, 7) is 4.46. The van der Waals surface area contributed by atoms with Gasteiger partial charge >= 0.3 is 35.4 Å². The highest BCUT2D eigenvalue weighted by atomic mass is 16.6. The first-order valence-corrected chi connectivity index (χ1v) is 14.0. The number of rotatable bonds is 14. The lowest BCUT2D eigenvalue weighted by molar-refractivity contribution is -0.387. The van der Waals surface area contributed by atoms with Crippen molar-refractivity contribution in [3.05, 3.63) is 69.3 Å². The predicted molar refractivity (Wildman–Crippen MR) is 158 cm³/mol. The Kier molecular flexibility index (Phi) is 10.8. The summed E-state index contributed by atoms with van der Waals surface area (Å²) in [5.74, 6) is -1.83. The molecule has 0 fully saturated rings. The molecule has 0 saturated heterocycles. The van der Waals surface area contributed by atoms with Crippen LogP contribution in [0, 0.1) is 21.4 Å². The number of aromatic nitrogens is 2. The second-order valence-electron chi connectivity index (χ2n) is 9.48. The number of esters is 2. The molecule has 2 heterocycles. The summed E-state index contributed by atoms with van der Waals surface area (Å²) in [6, 6.07) is 12.3. The van der Waals surface area contributed by atoms with E-state index < -0.39 is 46.9 Å². The number of likely N-dealkylation sites (N-methyl/N-ethyl adjacent to an activating group) is 1. The van der Waals surface area contributed by atoms with Gasteiger partial charge in [0.15, 0.2) is 6.61 Å². The minimum absolute atomic E-state index is 0.0147. The molecule has 3 aromatic rings. The van der Waals surface area contributed by atoms with E-state index in [4.69, 9.17) is 23.7 Å². The Morgan fingerprint density at radius 3 is 2.53 bits per heavy atom. The van der Waals surface area contributed by atoms with Gasteiger partial charge in [0, 0.05) is 19.2 Å². The number of hydrogen-bond donors (Lipinski definition) is 0. The van der Waals surface area contributed by atoms with Crippen LogP contribution >= 0.6 is 0 Å². The van der Waals surface area contributed by atoms with Gasteiger partial charge in [-0.05, 0) is 43.7 Å².